The van der Waals surface area contributed by atoms with Gasteiger partial charge in [0.25, 0.3) is 0 Å². The predicted molar refractivity (Wildman–Crippen MR) is 193 cm³/mol. The molecule has 0 radical (unpaired) electrons. The number of fused-ring (bicyclic) bond motifs is 4. The molecule has 0 atom stereocenters. The van der Waals surface area contributed by atoms with Gasteiger partial charge < -0.3 is 0 Å². The van der Waals surface area contributed by atoms with Gasteiger partial charge in [-0.25, -0.2) is 9.97 Å². The van der Waals surface area contributed by atoms with E-state index in [9.17, 15) is 0 Å². The molecule has 0 amide bonds. The second-order valence-electron chi connectivity index (χ2n) is 11.6. The Bertz CT molecular complexity index is 2480. The third-order valence-corrected chi connectivity index (χ3v) is 8.72. The average molecular weight is 615 g/mol. The van der Waals surface area contributed by atoms with Gasteiger partial charge in [-0.05, 0) is 65.7 Å². The number of hydrogen-bond acceptors (Lipinski definition) is 6. The lowest BCUT2D eigenvalue weighted by molar-refractivity contribution is 1.25. The number of benzene rings is 3. The van der Waals surface area contributed by atoms with E-state index in [0.29, 0.717) is 0 Å². The molecule has 9 rings (SSSR count). The molecule has 6 heteroatoms. The standard InChI is InChI=1S/C42H26N6/c1-2-9-36-33(7-1)40(34-16-14-30-6-5-21-45-41(30)42(34)48-36)32-24-38(29-12-10-28(11-13-29)35-8-3-4-20-44-35)47-39(25-32)37-17-15-31(26-46-37)27-18-22-43-23-19-27/h1-26H. The predicted octanol–water partition coefficient (Wildman–Crippen LogP) is 9.85. The summed E-state index contributed by atoms with van der Waals surface area (Å²) in [4.78, 5) is 28.7. The van der Waals surface area contributed by atoms with Crippen LogP contribution in [-0.4, -0.2) is 29.9 Å². The van der Waals surface area contributed by atoms with E-state index in [1.165, 1.54) is 0 Å². The van der Waals surface area contributed by atoms with E-state index >= 15 is 0 Å². The molecule has 0 saturated carbocycles. The molecule has 0 aliphatic carbocycles. The van der Waals surface area contributed by atoms with Gasteiger partial charge in [0.15, 0.2) is 0 Å². The Morgan fingerprint density at radius 2 is 1.15 bits per heavy atom. The second kappa shape index (κ2) is 11.6. The monoisotopic (exact) mass is 614 g/mol. The SMILES string of the molecule is c1ccc(-c2ccc(-c3cc(-c4c5ccccc5nc5c4ccc4cccnc45)cc(-c4ccc(-c5ccncc5)cn4)n3)cc2)nc1. The largest absolute Gasteiger partial charge is 0.265 e. The van der Waals surface area contributed by atoms with Crippen LogP contribution in [0.2, 0.25) is 0 Å². The molecule has 48 heavy (non-hydrogen) atoms. The molecule has 0 N–H and O–H groups in total. The highest BCUT2D eigenvalue weighted by atomic mass is 14.8. The highest BCUT2D eigenvalue weighted by Crippen LogP contribution is 2.39. The van der Waals surface area contributed by atoms with Gasteiger partial charge in [0.2, 0.25) is 0 Å². The quantitative estimate of drug-likeness (QED) is 0.142. The molecule has 0 spiro atoms. The molecule has 6 nitrogen and oxygen atoms in total. The highest BCUT2D eigenvalue weighted by Gasteiger charge is 2.17. The Hall–Kier alpha value is -6.66. The first-order valence-electron chi connectivity index (χ1n) is 15.8. The van der Waals surface area contributed by atoms with E-state index in [4.69, 9.17) is 19.9 Å². The maximum Gasteiger partial charge on any atom is 0.0978 e. The molecule has 0 saturated heterocycles. The summed E-state index contributed by atoms with van der Waals surface area (Å²) in [5, 5.41) is 3.16. The Balaban J connectivity index is 1.27. The Kier molecular flexibility index (Phi) is 6.68. The minimum Gasteiger partial charge on any atom is -0.265 e. The van der Waals surface area contributed by atoms with Gasteiger partial charge in [0, 0.05) is 69.4 Å². The molecule has 6 heterocycles. The first-order valence-corrected chi connectivity index (χ1v) is 15.8. The molecule has 0 fully saturated rings. The van der Waals surface area contributed by atoms with Crippen LogP contribution >= 0.6 is 0 Å². The van der Waals surface area contributed by atoms with E-state index < -0.39 is 0 Å². The van der Waals surface area contributed by atoms with Crippen molar-refractivity contribution in [1.82, 2.24) is 29.9 Å². The molecule has 6 aromatic heterocycles. The number of nitrogens with zero attached hydrogens (tertiary/aromatic N) is 6. The van der Waals surface area contributed by atoms with Crippen molar-refractivity contribution >= 4 is 32.7 Å². The topological polar surface area (TPSA) is 77.3 Å². The summed E-state index contributed by atoms with van der Waals surface area (Å²) in [6.45, 7) is 0. The van der Waals surface area contributed by atoms with Crippen LogP contribution in [0.3, 0.4) is 0 Å². The number of rotatable bonds is 5. The van der Waals surface area contributed by atoms with Gasteiger partial charge in [-0.2, -0.15) is 0 Å². The highest BCUT2D eigenvalue weighted by molar-refractivity contribution is 6.16. The fourth-order valence-corrected chi connectivity index (χ4v) is 6.36. The minimum atomic E-state index is 0.783. The molecule has 0 unspecified atom stereocenters. The van der Waals surface area contributed by atoms with Crippen molar-refractivity contribution in [2.75, 3.05) is 0 Å². The summed E-state index contributed by atoms with van der Waals surface area (Å²) in [7, 11) is 0. The van der Waals surface area contributed by atoms with Gasteiger partial charge in [0.05, 0.1) is 39.3 Å². The Morgan fingerprint density at radius 3 is 1.96 bits per heavy atom. The maximum absolute atomic E-state index is 5.20. The fraction of sp³-hybridized carbons (Fsp3) is 0. The van der Waals surface area contributed by atoms with E-state index in [1.54, 1.807) is 12.4 Å². The van der Waals surface area contributed by atoms with Gasteiger partial charge in [-0.3, -0.25) is 19.9 Å². The molecule has 3 aromatic carbocycles. The number of aromatic nitrogens is 6. The normalized spacial score (nSPS) is 11.3. The molecule has 9 aromatic rings. The van der Waals surface area contributed by atoms with E-state index in [2.05, 4.69) is 88.8 Å². The molecule has 0 aliphatic rings. The first-order chi connectivity index (χ1) is 23.8. The lowest BCUT2D eigenvalue weighted by Crippen LogP contribution is -1.96. The lowest BCUT2D eigenvalue weighted by atomic mass is 9.93. The second-order valence-corrected chi connectivity index (χ2v) is 11.6. The van der Waals surface area contributed by atoms with Crippen molar-refractivity contribution < 1.29 is 0 Å². The van der Waals surface area contributed by atoms with Crippen LogP contribution in [0, 0.1) is 0 Å². The Labute approximate surface area is 276 Å². The number of pyridine rings is 6. The summed E-state index contributed by atoms with van der Waals surface area (Å²) >= 11 is 0. The van der Waals surface area contributed by atoms with Crippen LogP contribution in [0.4, 0.5) is 0 Å². The van der Waals surface area contributed by atoms with E-state index in [1.807, 2.05) is 67.1 Å². The van der Waals surface area contributed by atoms with Gasteiger partial charge >= 0.3 is 0 Å². The van der Waals surface area contributed by atoms with Crippen LogP contribution < -0.4 is 0 Å². The van der Waals surface area contributed by atoms with Gasteiger partial charge in [-0.15, -0.1) is 0 Å². The summed E-state index contributed by atoms with van der Waals surface area (Å²) < 4.78 is 0. The van der Waals surface area contributed by atoms with Crippen molar-refractivity contribution in [3.8, 4) is 56.2 Å². The van der Waals surface area contributed by atoms with E-state index in [-0.39, 0.29) is 0 Å². The third-order valence-electron chi connectivity index (χ3n) is 8.72. The van der Waals surface area contributed by atoms with Gasteiger partial charge in [-0.1, -0.05) is 72.8 Å². The van der Waals surface area contributed by atoms with Crippen molar-refractivity contribution in [2.45, 2.75) is 0 Å². The smallest absolute Gasteiger partial charge is 0.0978 e. The average Bonchev–Trinajstić information content (AvgIpc) is 3.17. The zero-order valence-electron chi connectivity index (χ0n) is 25.7. The van der Waals surface area contributed by atoms with Crippen molar-refractivity contribution in [1.29, 1.82) is 0 Å². The van der Waals surface area contributed by atoms with Crippen LogP contribution in [0.5, 0.6) is 0 Å². The minimum absolute atomic E-state index is 0.783. The molecular formula is C42H26N6. The van der Waals surface area contributed by atoms with Gasteiger partial charge in [0.1, 0.15) is 0 Å². The zero-order chi connectivity index (χ0) is 31.9. The molecule has 0 aliphatic heterocycles. The first kappa shape index (κ1) is 27.6. The summed E-state index contributed by atoms with van der Waals surface area (Å²) in [6.07, 6.45) is 9.13. The molecule has 224 valence electrons. The van der Waals surface area contributed by atoms with Crippen molar-refractivity contribution in [3.05, 3.63) is 158 Å². The lowest BCUT2D eigenvalue weighted by Gasteiger charge is -2.15. The van der Waals surface area contributed by atoms with Crippen LogP contribution in [0.25, 0.3) is 88.9 Å². The summed E-state index contributed by atoms with van der Waals surface area (Å²) in [6, 6.07) is 43.4. The van der Waals surface area contributed by atoms with Crippen LogP contribution in [0.15, 0.2) is 158 Å². The van der Waals surface area contributed by atoms with Crippen molar-refractivity contribution in [3.63, 3.8) is 0 Å². The number of hydrogen-bond donors (Lipinski definition) is 0. The summed E-state index contributed by atoms with van der Waals surface area (Å²) in [5.41, 5.74) is 12.3. The maximum atomic E-state index is 5.20. The molecular weight excluding hydrogens is 589 g/mol. The van der Waals surface area contributed by atoms with E-state index in [0.717, 1.165) is 88.9 Å². The number of para-hydroxylation sites is 1. The van der Waals surface area contributed by atoms with Crippen molar-refractivity contribution in [2.24, 2.45) is 0 Å². The van der Waals surface area contributed by atoms with Crippen LogP contribution in [0.1, 0.15) is 0 Å². The van der Waals surface area contributed by atoms with Crippen LogP contribution in [-0.2, 0) is 0 Å². The fourth-order valence-electron chi connectivity index (χ4n) is 6.36. The molecule has 0 bridgehead atoms. The Morgan fingerprint density at radius 1 is 0.375 bits per heavy atom. The summed E-state index contributed by atoms with van der Waals surface area (Å²) in [5.74, 6) is 0. The zero-order valence-corrected chi connectivity index (χ0v) is 25.7. The third kappa shape index (κ3) is 4.93.